The van der Waals surface area contributed by atoms with E-state index in [9.17, 15) is 13.2 Å². The van der Waals surface area contributed by atoms with Crippen LogP contribution in [-0.2, 0) is 28.0 Å². The average molecular weight is 365 g/mol. The monoisotopic (exact) mass is 365 g/mol. The Bertz CT molecular complexity index is 740. The van der Waals surface area contributed by atoms with E-state index in [0.29, 0.717) is 31.3 Å². The van der Waals surface area contributed by atoms with E-state index in [1.165, 1.54) is 4.31 Å². The Morgan fingerprint density at radius 2 is 1.72 bits per heavy atom. The van der Waals surface area contributed by atoms with Gasteiger partial charge in [0.2, 0.25) is 5.91 Å². The molecular formula is C18H27N3O3S. The third-order valence-electron chi connectivity index (χ3n) is 5.21. The number of fused-ring (bicyclic) bond motifs is 1. The van der Waals surface area contributed by atoms with Gasteiger partial charge in [0.15, 0.2) is 0 Å². The molecule has 0 bridgehead atoms. The summed E-state index contributed by atoms with van der Waals surface area (Å²) >= 11 is 0. The highest BCUT2D eigenvalue weighted by molar-refractivity contribution is 7.86. The molecule has 138 valence electrons. The highest BCUT2D eigenvalue weighted by atomic mass is 32.2. The van der Waals surface area contributed by atoms with Crippen LogP contribution in [0.3, 0.4) is 0 Å². The topological polar surface area (TPSA) is 69.7 Å². The number of nitrogens with zero attached hydrogens (tertiary/aromatic N) is 2. The van der Waals surface area contributed by atoms with E-state index in [0.717, 1.165) is 17.5 Å². The first kappa shape index (κ1) is 18.4. The zero-order chi connectivity index (χ0) is 18.2. The summed E-state index contributed by atoms with van der Waals surface area (Å²) in [6, 6.07) is 7.06. The maximum atomic E-state index is 13.3. The lowest BCUT2D eigenvalue weighted by molar-refractivity contribution is -0.124. The SMILES string of the molecule is CNC(=O)[C@H]1Cc2ccccc2CN1S(=O)(=O)N1C[C@H](C)C[C@H](C)C1. The minimum Gasteiger partial charge on any atom is -0.358 e. The second-order valence-electron chi connectivity index (χ2n) is 7.42. The third-order valence-corrected chi connectivity index (χ3v) is 7.14. The molecule has 0 aliphatic carbocycles. The summed E-state index contributed by atoms with van der Waals surface area (Å²) in [5.41, 5.74) is 2.02. The lowest BCUT2D eigenvalue weighted by atomic mass is 9.94. The molecule has 0 radical (unpaired) electrons. The van der Waals surface area contributed by atoms with Gasteiger partial charge in [0.25, 0.3) is 10.2 Å². The van der Waals surface area contributed by atoms with Crippen molar-refractivity contribution < 1.29 is 13.2 Å². The van der Waals surface area contributed by atoms with E-state index < -0.39 is 16.3 Å². The number of benzene rings is 1. The van der Waals surface area contributed by atoms with Gasteiger partial charge in [0.1, 0.15) is 6.04 Å². The third kappa shape index (κ3) is 3.59. The molecule has 1 fully saturated rings. The van der Waals surface area contributed by atoms with Crippen molar-refractivity contribution in [2.24, 2.45) is 11.8 Å². The molecule has 0 unspecified atom stereocenters. The van der Waals surface area contributed by atoms with Crippen LogP contribution >= 0.6 is 0 Å². The number of carbonyl (C=O) groups excluding carboxylic acids is 1. The molecule has 2 heterocycles. The maximum absolute atomic E-state index is 13.3. The molecule has 0 spiro atoms. The summed E-state index contributed by atoms with van der Waals surface area (Å²) < 4.78 is 29.6. The number of amides is 1. The van der Waals surface area contributed by atoms with Gasteiger partial charge in [-0.25, -0.2) is 0 Å². The van der Waals surface area contributed by atoms with Crippen LogP contribution in [0.15, 0.2) is 24.3 Å². The number of hydrogen-bond donors (Lipinski definition) is 1. The number of hydrogen-bond acceptors (Lipinski definition) is 3. The van der Waals surface area contributed by atoms with Gasteiger partial charge in [0, 0.05) is 26.7 Å². The van der Waals surface area contributed by atoms with Crippen LogP contribution in [-0.4, -0.2) is 49.1 Å². The van der Waals surface area contributed by atoms with Crippen LogP contribution in [0.2, 0.25) is 0 Å². The fourth-order valence-corrected chi connectivity index (χ4v) is 6.05. The average Bonchev–Trinajstić information content (AvgIpc) is 2.59. The van der Waals surface area contributed by atoms with Gasteiger partial charge in [0.05, 0.1) is 0 Å². The summed E-state index contributed by atoms with van der Waals surface area (Å²) in [6.07, 6.45) is 1.45. The molecule has 1 saturated heterocycles. The number of nitrogens with one attached hydrogen (secondary N) is 1. The van der Waals surface area contributed by atoms with E-state index in [1.807, 2.05) is 24.3 Å². The maximum Gasteiger partial charge on any atom is 0.283 e. The van der Waals surface area contributed by atoms with Gasteiger partial charge in [-0.05, 0) is 35.8 Å². The van der Waals surface area contributed by atoms with Crippen molar-refractivity contribution in [2.75, 3.05) is 20.1 Å². The lowest BCUT2D eigenvalue weighted by Gasteiger charge is -2.41. The van der Waals surface area contributed by atoms with Crippen LogP contribution in [0.4, 0.5) is 0 Å². The van der Waals surface area contributed by atoms with Gasteiger partial charge >= 0.3 is 0 Å². The van der Waals surface area contributed by atoms with E-state index in [1.54, 1.807) is 11.4 Å². The second kappa shape index (κ2) is 7.05. The second-order valence-corrected chi connectivity index (χ2v) is 9.30. The number of likely N-dealkylation sites (N-methyl/N-ethyl adjacent to an activating group) is 1. The summed E-state index contributed by atoms with van der Waals surface area (Å²) in [7, 11) is -2.14. The molecule has 25 heavy (non-hydrogen) atoms. The minimum absolute atomic E-state index is 0.246. The molecule has 1 aromatic rings. The van der Waals surface area contributed by atoms with E-state index in [2.05, 4.69) is 19.2 Å². The molecule has 7 heteroatoms. The first-order valence-electron chi connectivity index (χ1n) is 8.88. The van der Waals surface area contributed by atoms with Crippen molar-refractivity contribution in [3.05, 3.63) is 35.4 Å². The molecule has 0 saturated carbocycles. The minimum atomic E-state index is -3.69. The normalized spacial score (nSPS) is 28.4. The van der Waals surface area contributed by atoms with Crippen molar-refractivity contribution in [1.82, 2.24) is 13.9 Å². The Labute approximate surface area is 150 Å². The van der Waals surface area contributed by atoms with Gasteiger partial charge in [-0.2, -0.15) is 17.0 Å². The Balaban J connectivity index is 1.95. The van der Waals surface area contributed by atoms with E-state index in [-0.39, 0.29) is 12.5 Å². The molecule has 2 aliphatic rings. The molecule has 1 N–H and O–H groups in total. The van der Waals surface area contributed by atoms with Gasteiger partial charge in [-0.1, -0.05) is 38.1 Å². The summed E-state index contributed by atoms with van der Waals surface area (Å²) in [4.78, 5) is 12.4. The van der Waals surface area contributed by atoms with Crippen LogP contribution < -0.4 is 5.32 Å². The first-order chi connectivity index (χ1) is 11.8. The van der Waals surface area contributed by atoms with E-state index >= 15 is 0 Å². The highest BCUT2D eigenvalue weighted by Crippen LogP contribution is 2.30. The van der Waals surface area contributed by atoms with Crippen molar-refractivity contribution in [3.63, 3.8) is 0 Å². The molecule has 1 aromatic carbocycles. The van der Waals surface area contributed by atoms with Crippen molar-refractivity contribution in [2.45, 2.75) is 39.3 Å². The molecule has 0 aromatic heterocycles. The van der Waals surface area contributed by atoms with E-state index in [4.69, 9.17) is 0 Å². The summed E-state index contributed by atoms with van der Waals surface area (Å²) in [5, 5.41) is 2.62. The van der Waals surface area contributed by atoms with Gasteiger partial charge in [-0.3, -0.25) is 4.79 Å². The Morgan fingerprint density at radius 3 is 2.32 bits per heavy atom. The smallest absolute Gasteiger partial charge is 0.283 e. The zero-order valence-corrected chi connectivity index (χ0v) is 15.9. The van der Waals surface area contributed by atoms with Crippen LogP contribution in [0.25, 0.3) is 0 Å². The Hall–Kier alpha value is -1.44. The van der Waals surface area contributed by atoms with Crippen LogP contribution in [0, 0.1) is 11.8 Å². The summed E-state index contributed by atoms with van der Waals surface area (Å²) in [6.45, 7) is 5.45. The van der Waals surface area contributed by atoms with Gasteiger partial charge in [-0.15, -0.1) is 0 Å². The van der Waals surface area contributed by atoms with Gasteiger partial charge < -0.3 is 5.32 Å². The van der Waals surface area contributed by atoms with Crippen molar-refractivity contribution in [1.29, 1.82) is 0 Å². The molecular weight excluding hydrogens is 338 g/mol. The molecule has 2 aliphatic heterocycles. The molecule has 1 amide bonds. The van der Waals surface area contributed by atoms with Crippen LogP contribution in [0.5, 0.6) is 0 Å². The van der Waals surface area contributed by atoms with Crippen LogP contribution in [0.1, 0.15) is 31.4 Å². The zero-order valence-electron chi connectivity index (χ0n) is 15.1. The predicted molar refractivity (Wildman–Crippen MR) is 97.0 cm³/mol. The quantitative estimate of drug-likeness (QED) is 0.880. The predicted octanol–water partition coefficient (Wildman–Crippen LogP) is 1.38. The largest absolute Gasteiger partial charge is 0.358 e. The molecule has 6 nitrogen and oxygen atoms in total. The molecule has 3 atom stereocenters. The van der Waals surface area contributed by atoms with Crippen molar-refractivity contribution in [3.8, 4) is 0 Å². The van der Waals surface area contributed by atoms with Crippen molar-refractivity contribution >= 4 is 16.1 Å². The summed E-state index contributed by atoms with van der Waals surface area (Å²) in [5.74, 6) is 0.402. The highest BCUT2D eigenvalue weighted by Gasteiger charge is 2.42. The Morgan fingerprint density at radius 1 is 1.12 bits per heavy atom. The Kier molecular flexibility index (Phi) is 5.18. The number of piperidine rings is 1. The standard InChI is InChI=1S/C18H27N3O3S/c1-13-8-14(2)11-20(10-13)25(23,24)21-12-16-7-5-4-6-15(16)9-17(21)18(22)19-3/h4-7,13-14,17H,8-12H2,1-3H3,(H,19,22)/t13-,14+,17-/m1/s1. The number of carbonyl (C=O) groups is 1. The number of rotatable bonds is 3. The molecule has 3 rings (SSSR count). The fourth-order valence-electron chi connectivity index (χ4n) is 4.07. The lowest BCUT2D eigenvalue weighted by Crippen LogP contribution is -2.57. The fraction of sp³-hybridized carbons (Fsp3) is 0.611. The first-order valence-corrected chi connectivity index (χ1v) is 10.3.